The number of carbonyl (C=O) groups is 1. The Bertz CT molecular complexity index is 699. The zero-order valence-electron chi connectivity index (χ0n) is 13.3. The summed E-state index contributed by atoms with van der Waals surface area (Å²) in [6.45, 7) is 1.31. The number of benzene rings is 2. The second kappa shape index (κ2) is 7.93. The summed E-state index contributed by atoms with van der Waals surface area (Å²) >= 11 is 0. The van der Waals surface area contributed by atoms with Crippen molar-refractivity contribution in [3.05, 3.63) is 59.9 Å². The van der Waals surface area contributed by atoms with E-state index in [9.17, 15) is 9.18 Å². The zero-order valence-corrected chi connectivity index (χ0v) is 13.3. The van der Waals surface area contributed by atoms with Crippen molar-refractivity contribution in [2.24, 2.45) is 0 Å². The van der Waals surface area contributed by atoms with E-state index in [1.807, 2.05) is 12.1 Å². The molecule has 1 fully saturated rings. The van der Waals surface area contributed by atoms with Crippen LogP contribution in [0, 0.1) is 5.82 Å². The highest BCUT2D eigenvalue weighted by atomic mass is 19.1. The van der Waals surface area contributed by atoms with Crippen molar-refractivity contribution < 1.29 is 18.7 Å². The quantitative estimate of drug-likeness (QED) is 0.881. The van der Waals surface area contributed by atoms with Gasteiger partial charge in [0.15, 0.2) is 0 Å². The molecule has 2 aromatic carbocycles. The van der Waals surface area contributed by atoms with Crippen LogP contribution in [0.3, 0.4) is 0 Å². The van der Waals surface area contributed by atoms with Crippen LogP contribution in [0.15, 0.2) is 48.5 Å². The molecule has 3 rings (SSSR count). The van der Waals surface area contributed by atoms with Gasteiger partial charge in [-0.25, -0.2) is 4.39 Å². The summed E-state index contributed by atoms with van der Waals surface area (Å²) in [6.07, 6.45) is 2.36. The molecule has 0 aromatic heterocycles. The van der Waals surface area contributed by atoms with E-state index in [0.29, 0.717) is 23.6 Å². The van der Waals surface area contributed by atoms with Gasteiger partial charge in [0.1, 0.15) is 18.2 Å². The molecule has 2 aromatic rings. The maximum Gasteiger partial charge on any atom is 0.228 e. The summed E-state index contributed by atoms with van der Waals surface area (Å²) in [6, 6.07) is 13.3. The van der Waals surface area contributed by atoms with Crippen LogP contribution in [0.2, 0.25) is 0 Å². The van der Waals surface area contributed by atoms with Crippen LogP contribution < -0.4 is 10.1 Å². The number of amides is 1. The van der Waals surface area contributed by atoms with Gasteiger partial charge in [0, 0.05) is 18.4 Å². The molecular formula is C19H20FNO3. The molecule has 126 valence electrons. The Hall–Kier alpha value is -2.40. The van der Waals surface area contributed by atoms with Gasteiger partial charge in [-0.1, -0.05) is 18.2 Å². The lowest BCUT2D eigenvalue weighted by atomic mass is 10.1. The third kappa shape index (κ3) is 4.80. The summed E-state index contributed by atoms with van der Waals surface area (Å²) in [5.41, 5.74) is 1.29. The van der Waals surface area contributed by atoms with Crippen LogP contribution >= 0.6 is 0 Å². The molecule has 4 nitrogen and oxygen atoms in total. The maximum absolute atomic E-state index is 13.2. The fraction of sp³-hybridized carbons (Fsp3) is 0.316. The molecule has 0 radical (unpaired) electrons. The van der Waals surface area contributed by atoms with Gasteiger partial charge in [0.25, 0.3) is 0 Å². The van der Waals surface area contributed by atoms with E-state index in [1.54, 1.807) is 24.3 Å². The lowest BCUT2D eigenvalue weighted by molar-refractivity contribution is -0.115. The Morgan fingerprint density at radius 1 is 1.25 bits per heavy atom. The monoisotopic (exact) mass is 329 g/mol. The van der Waals surface area contributed by atoms with Crippen LogP contribution in [-0.4, -0.2) is 25.2 Å². The van der Waals surface area contributed by atoms with Crippen molar-refractivity contribution in [3.8, 4) is 5.75 Å². The minimum atomic E-state index is -0.343. The minimum Gasteiger partial charge on any atom is -0.491 e. The molecule has 1 saturated heterocycles. The molecule has 0 aliphatic carbocycles. The maximum atomic E-state index is 13.2. The van der Waals surface area contributed by atoms with Crippen molar-refractivity contribution in [2.45, 2.75) is 25.4 Å². The van der Waals surface area contributed by atoms with E-state index in [0.717, 1.165) is 19.4 Å². The number of ether oxygens (including phenoxy) is 2. The molecule has 0 saturated carbocycles. The lowest BCUT2D eigenvalue weighted by Crippen LogP contribution is -2.17. The van der Waals surface area contributed by atoms with Gasteiger partial charge in [-0.05, 0) is 42.7 Å². The molecule has 24 heavy (non-hydrogen) atoms. The Balaban J connectivity index is 1.54. The second-order valence-corrected chi connectivity index (χ2v) is 5.83. The fourth-order valence-electron chi connectivity index (χ4n) is 2.67. The number of nitrogens with one attached hydrogen (secondary N) is 1. The molecule has 1 heterocycles. The summed E-state index contributed by atoms with van der Waals surface area (Å²) in [5, 5.41) is 2.81. The highest BCUT2D eigenvalue weighted by Crippen LogP contribution is 2.20. The topological polar surface area (TPSA) is 47.6 Å². The summed E-state index contributed by atoms with van der Waals surface area (Å²) in [7, 11) is 0. The normalized spacial score (nSPS) is 16.8. The first-order valence-corrected chi connectivity index (χ1v) is 8.08. The number of anilines is 1. The largest absolute Gasteiger partial charge is 0.491 e. The smallest absolute Gasteiger partial charge is 0.228 e. The summed E-state index contributed by atoms with van der Waals surface area (Å²) < 4.78 is 24.4. The van der Waals surface area contributed by atoms with Gasteiger partial charge in [-0.2, -0.15) is 0 Å². The third-order valence-corrected chi connectivity index (χ3v) is 3.83. The molecule has 1 atom stereocenters. The third-order valence-electron chi connectivity index (χ3n) is 3.83. The minimum absolute atomic E-state index is 0.124. The molecule has 1 unspecified atom stereocenters. The van der Waals surface area contributed by atoms with E-state index in [-0.39, 0.29) is 24.2 Å². The van der Waals surface area contributed by atoms with Gasteiger partial charge in [0.2, 0.25) is 5.91 Å². The average molecular weight is 329 g/mol. The van der Waals surface area contributed by atoms with Gasteiger partial charge in [-0.3, -0.25) is 4.79 Å². The number of rotatable bonds is 6. The number of carbonyl (C=O) groups excluding carboxylic acids is 1. The predicted molar refractivity (Wildman–Crippen MR) is 89.6 cm³/mol. The van der Waals surface area contributed by atoms with Gasteiger partial charge in [-0.15, -0.1) is 0 Å². The number of halogens is 1. The highest BCUT2D eigenvalue weighted by molar-refractivity contribution is 5.92. The second-order valence-electron chi connectivity index (χ2n) is 5.83. The first kappa shape index (κ1) is 16.5. The van der Waals surface area contributed by atoms with Crippen molar-refractivity contribution >= 4 is 11.6 Å². The average Bonchev–Trinajstić information content (AvgIpc) is 3.06. The Labute approximate surface area is 140 Å². The lowest BCUT2D eigenvalue weighted by Gasteiger charge is -2.12. The van der Waals surface area contributed by atoms with Gasteiger partial charge >= 0.3 is 0 Å². The van der Waals surface area contributed by atoms with Crippen LogP contribution in [0.1, 0.15) is 18.4 Å². The Morgan fingerprint density at radius 3 is 2.92 bits per heavy atom. The van der Waals surface area contributed by atoms with Crippen molar-refractivity contribution in [3.63, 3.8) is 0 Å². The summed E-state index contributed by atoms with van der Waals surface area (Å²) in [4.78, 5) is 12.1. The molecule has 1 aliphatic rings. The van der Waals surface area contributed by atoms with Crippen LogP contribution in [0.25, 0.3) is 0 Å². The predicted octanol–water partition coefficient (Wildman–Crippen LogP) is 3.56. The molecular weight excluding hydrogens is 309 g/mol. The first-order valence-electron chi connectivity index (χ1n) is 8.08. The van der Waals surface area contributed by atoms with E-state index in [2.05, 4.69) is 5.32 Å². The van der Waals surface area contributed by atoms with Crippen LogP contribution in [0.5, 0.6) is 5.75 Å². The van der Waals surface area contributed by atoms with Crippen molar-refractivity contribution in [1.29, 1.82) is 0 Å². The van der Waals surface area contributed by atoms with E-state index >= 15 is 0 Å². The first-order chi connectivity index (χ1) is 11.7. The standard InChI is InChI=1S/C19H20FNO3/c20-15-5-1-4-14(10-15)11-19(22)21-16-6-2-7-17(12-16)24-13-18-8-3-9-23-18/h1-2,4-7,10,12,18H,3,8-9,11,13H2,(H,21,22). The molecule has 1 N–H and O–H groups in total. The Morgan fingerprint density at radius 2 is 2.12 bits per heavy atom. The fourth-order valence-corrected chi connectivity index (χ4v) is 2.67. The molecule has 5 heteroatoms. The molecule has 1 aliphatic heterocycles. The van der Waals surface area contributed by atoms with Gasteiger partial charge < -0.3 is 14.8 Å². The van der Waals surface area contributed by atoms with Crippen molar-refractivity contribution in [1.82, 2.24) is 0 Å². The zero-order chi connectivity index (χ0) is 16.8. The number of hydrogen-bond acceptors (Lipinski definition) is 3. The summed E-state index contributed by atoms with van der Waals surface area (Å²) in [5.74, 6) is 0.149. The molecule has 0 spiro atoms. The van der Waals surface area contributed by atoms with Crippen LogP contribution in [0.4, 0.5) is 10.1 Å². The highest BCUT2D eigenvalue weighted by Gasteiger charge is 2.16. The Kier molecular flexibility index (Phi) is 5.43. The SMILES string of the molecule is O=C(Cc1cccc(F)c1)Nc1cccc(OCC2CCCO2)c1. The molecule has 0 bridgehead atoms. The van der Waals surface area contributed by atoms with Crippen LogP contribution in [-0.2, 0) is 16.0 Å². The van der Waals surface area contributed by atoms with Crippen molar-refractivity contribution in [2.75, 3.05) is 18.5 Å². The molecule has 1 amide bonds. The van der Waals surface area contributed by atoms with E-state index < -0.39 is 0 Å². The van der Waals surface area contributed by atoms with Gasteiger partial charge in [0.05, 0.1) is 12.5 Å². The van der Waals surface area contributed by atoms with E-state index in [1.165, 1.54) is 12.1 Å². The number of hydrogen-bond donors (Lipinski definition) is 1. The van der Waals surface area contributed by atoms with E-state index in [4.69, 9.17) is 9.47 Å².